The van der Waals surface area contributed by atoms with Gasteiger partial charge in [-0.05, 0) is 29.0 Å². The second kappa shape index (κ2) is 4.17. The summed E-state index contributed by atoms with van der Waals surface area (Å²) in [6.07, 6.45) is 4.61. The minimum atomic E-state index is 0.305. The maximum Gasteiger partial charge on any atom is 0.0981 e. The molecule has 0 fully saturated rings. The summed E-state index contributed by atoms with van der Waals surface area (Å²) in [6, 6.07) is 10.6. The van der Waals surface area contributed by atoms with Crippen molar-refractivity contribution in [2.24, 2.45) is 5.41 Å². The highest BCUT2D eigenvalue weighted by atomic mass is 16.3. The second-order valence-electron chi connectivity index (χ2n) is 5.41. The van der Waals surface area contributed by atoms with Crippen LogP contribution in [-0.2, 0) is 6.42 Å². The molecule has 2 aromatic rings. The van der Waals surface area contributed by atoms with Crippen LogP contribution in [0.5, 0.6) is 0 Å². The third-order valence-corrected chi connectivity index (χ3v) is 2.57. The van der Waals surface area contributed by atoms with Crippen LogP contribution in [0.25, 0.3) is 11.1 Å². The Morgan fingerprint density at radius 1 is 1.06 bits per heavy atom. The SMILES string of the molecule is CC(C)(C)Cc1ccccc1-c1ccoc1. The summed E-state index contributed by atoms with van der Waals surface area (Å²) < 4.78 is 5.15. The fraction of sp³-hybridized carbons (Fsp3) is 0.333. The van der Waals surface area contributed by atoms with Gasteiger partial charge in [-0.3, -0.25) is 0 Å². The first-order chi connectivity index (χ1) is 7.56. The maximum absolute atomic E-state index is 5.15. The third-order valence-electron chi connectivity index (χ3n) is 2.57. The first kappa shape index (κ1) is 11.0. The first-order valence-electron chi connectivity index (χ1n) is 5.67. The van der Waals surface area contributed by atoms with Gasteiger partial charge >= 0.3 is 0 Å². The Labute approximate surface area is 97.1 Å². The van der Waals surface area contributed by atoms with Crippen molar-refractivity contribution in [1.29, 1.82) is 0 Å². The van der Waals surface area contributed by atoms with Gasteiger partial charge in [-0.1, -0.05) is 45.0 Å². The summed E-state index contributed by atoms with van der Waals surface area (Å²) >= 11 is 0. The Bertz CT molecular complexity index is 447. The molecule has 0 saturated carbocycles. The average Bonchev–Trinajstić information content (AvgIpc) is 2.69. The lowest BCUT2D eigenvalue weighted by molar-refractivity contribution is 0.411. The highest BCUT2D eigenvalue weighted by molar-refractivity contribution is 5.66. The molecular weight excluding hydrogens is 196 g/mol. The van der Waals surface area contributed by atoms with E-state index < -0.39 is 0 Å². The highest BCUT2D eigenvalue weighted by Gasteiger charge is 2.14. The standard InChI is InChI=1S/C15H18O/c1-15(2,3)10-12-6-4-5-7-14(12)13-8-9-16-11-13/h4-9,11H,10H2,1-3H3. The topological polar surface area (TPSA) is 13.1 Å². The molecule has 16 heavy (non-hydrogen) atoms. The summed E-state index contributed by atoms with van der Waals surface area (Å²) in [5.41, 5.74) is 4.14. The lowest BCUT2D eigenvalue weighted by Gasteiger charge is -2.20. The molecule has 1 nitrogen and oxygen atoms in total. The largest absolute Gasteiger partial charge is 0.472 e. The van der Waals surface area contributed by atoms with Gasteiger partial charge in [0.05, 0.1) is 12.5 Å². The molecule has 0 unspecified atom stereocenters. The normalized spacial score (nSPS) is 11.7. The predicted molar refractivity (Wildman–Crippen MR) is 67.3 cm³/mol. The molecule has 0 aliphatic heterocycles. The van der Waals surface area contributed by atoms with Crippen LogP contribution in [0, 0.1) is 5.41 Å². The van der Waals surface area contributed by atoms with Crippen LogP contribution in [-0.4, -0.2) is 0 Å². The molecule has 0 radical (unpaired) electrons. The van der Waals surface area contributed by atoms with Gasteiger partial charge in [0.25, 0.3) is 0 Å². The molecule has 1 aromatic heterocycles. The van der Waals surface area contributed by atoms with Crippen LogP contribution >= 0.6 is 0 Å². The lowest BCUT2D eigenvalue weighted by atomic mass is 9.85. The van der Waals surface area contributed by atoms with E-state index in [4.69, 9.17) is 4.42 Å². The third kappa shape index (κ3) is 2.54. The minimum Gasteiger partial charge on any atom is -0.472 e. The van der Waals surface area contributed by atoms with E-state index in [9.17, 15) is 0 Å². The van der Waals surface area contributed by atoms with E-state index in [0.717, 1.165) is 6.42 Å². The first-order valence-corrected chi connectivity index (χ1v) is 5.67. The van der Waals surface area contributed by atoms with Gasteiger partial charge < -0.3 is 4.42 Å². The van der Waals surface area contributed by atoms with Gasteiger partial charge in [0.2, 0.25) is 0 Å². The van der Waals surface area contributed by atoms with E-state index in [1.807, 2.05) is 12.3 Å². The Morgan fingerprint density at radius 2 is 1.81 bits per heavy atom. The molecule has 0 saturated heterocycles. The van der Waals surface area contributed by atoms with Gasteiger partial charge in [-0.15, -0.1) is 0 Å². The van der Waals surface area contributed by atoms with Crippen molar-refractivity contribution in [2.45, 2.75) is 27.2 Å². The molecule has 1 heteroatoms. The van der Waals surface area contributed by atoms with Crippen LogP contribution < -0.4 is 0 Å². The van der Waals surface area contributed by atoms with Crippen LogP contribution in [0.15, 0.2) is 47.3 Å². The number of hydrogen-bond acceptors (Lipinski definition) is 1. The predicted octanol–water partition coefficient (Wildman–Crippen LogP) is 4.54. The summed E-state index contributed by atoms with van der Waals surface area (Å²) in [6.45, 7) is 6.79. The van der Waals surface area contributed by atoms with Gasteiger partial charge in [0.15, 0.2) is 0 Å². The fourth-order valence-corrected chi connectivity index (χ4v) is 1.95. The van der Waals surface area contributed by atoms with Crippen molar-refractivity contribution in [3.8, 4) is 11.1 Å². The van der Waals surface area contributed by atoms with Crippen molar-refractivity contribution in [2.75, 3.05) is 0 Å². The van der Waals surface area contributed by atoms with Crippen molar-refractivity contribution in [3.05, 3.63) is 48.4 Å². The van der Waals surface area contributed by atoms with Gasteiger partial charge in [-0.2, -0.15) is 0 Å². The smallest absolute Gasteiger partial charge is 0.0981 e. The molecule has 0 aliphatic carbocycles. The summed E-state index contributed by atoms with van der Waals surface area (Å²) in [5.74, 6) is 0. The molecule has 0 N–H and O–H groups in total. The maximum atomic E-state index is 5.15. The number of furan rings is 1. The van der Waals surface area contributed by atoms with Gasteiger partial charge in [-0.25, -0.2) is 0 Å². The van der Waals surface area contributed by atoms with Crippen molar-refractivity contribution < 1.29 is 4.42 Å². The Morgan fingerprint density at radius 3 is 2.44 bits per heavy atom. The van der Waals surface area contributed by atoms with Gasteiger partial charge in [0, 0.05) is 5.56 Å². The van der Waals surface area contributed by atoms with Crippen LogP contribution in [0.2, 0.25) is 0 Å². The lowest BCUT2D eigenvalue weighted by Crippen LogP contribution is -2.09. The molecule has 1 aromatic carbocycles. The zero-order chi connectivity index (χ0) is 11.6. The van der Waals surface area contributed by atoms with Crippen molar-refractivity contribution >= 4 is 0 Å². The number of benzene rings is 1. The van der Waals surface area contributed by atoms with E-state index in [2.05, 4.69) is 45.0 Å². The number of hydrogen-bond donors (Lipinski definition) is 0. The fourth-order valence-electron chi connectivity index (χ4n) is 1.95. The monoisotopic (exact) mass is 214 g/mol. The van der Waals surface area contributed by atoms with Crippen LogP contribution in [0.4, 0.5) is 0 Å². The zero-order valence-electron chi connectivity index (χ0n) is 10.2. The van der Waals surface area contributed by atoms with E-state index in [-0.39, 0.29) is 0 Å². The Balaban J connectivity index is 2.39. The Kier molecular flexibility index (Phi) is 2.86. The summed E-state index contributed by atoms with van der Waals surface area (Å²) in [7, 11) is 0. The minimum absolute atomic E-state index is 0.305. The van der Waals surface area contributed by atoms with Crippen molar-refractivity contribution in [1.82, 2.24) is 0 Å². The summed E-state index contributed by atoms with van der Waals surface area (Å²) in [5, 5.41) is 0. The van der Waals surface area contributed by atoms with Crippen molar-refractivity contribution in [3.63, 3.8) is 0 Å². The molecule has 2 rings (SSSR count). The van der Waals surface area contributed by atoms with E-state index in [1.165, 1.54) is 16.7 Å². The summed E-state index contributed by atoms with van der Waals surface area (Å²) in [4.78, 5) is 0. The van der Waals surface area contributed by atoms with Crippen LogP contribution in [0.1, 0.15) is 26.3 Å². The molecule has 0 spiro atoms. The molecule has 1 heterocycles. The quantitative estimate of drug-likeness (QED) is 0.715. The highest BCUT2D eigenvalue weighted by Crippen LogP contribution is 2.29. The van der Waals surface area contributed by atoms with E-state index in [0.29, 0.717) is 5.41 Å². The van der Waals surface area contributed by atoms with Gasteiger partial charge in [0.1, 0.15) is 0 Å². The average molecular weight is 214 g/mol. The van der Waals surface area contributed by atoms with E-state index >= 15 is 0 Å². The molecule has 0 amide bonds. The molecule has 0 bridgehead atoms. The van der Waals surface area contributed by atoms with Crippen LogP contribution in [0.3, 0.4) is 0 Å². The Hall–Kier alpha value is -1.50. The molecule has 84 valence electrons. The number of rotatable bonds is 2. The molecule has 0 atom stereocenters. The van der Waals surface area contributed by atoms with E-state index in [1.54, 1.807) is 6.26 Å². The second-order valence-corrected chi connectivity index (χ2v) is 5.41. The zero-order valence-corrected chi connectivity index (χ0v) is 10.2. The molecule has 0 aliphatic rings. The molecular formula is C15H18O.